The minimum Gasteiger partial charge on any atom is -0.326 e. The SMILES string of the molecule is CC(Cl)c1nc2ccc(Cl)cc2n1CC1(C2CC2)CC1. The second-order valence-electron chi connectivity index (χ2n) is 6.44. The fourth-order valence-corrected chi connectivity index (χ4v) is 3.78. The number of hydrogen-bond donors (Lipinski definition) is 0. The van der Waals surface area contributed by atoms with Crippen LogP contribution in [0.15, 0.2) is 18.2 Å². The summed E-state index contributed by atoms with van der Waals surface area (Å²) in [4.78, 5) is 4.72. The molecule has 4 heteroatoms. The Balaban J connectivity index is 1.82. The minimum atomic E-state index is -0.0730. The van der Waals surface area contributed by atoms with Gasteiger partial charge >= 0.3 is 0 Å². The lowest BCUT2D eigenvalue weighted by Gasteiger charge is -2.18. The van der Waals surface area contributed by atoms with Crippen molar-refractivity contribution in [1.29, 1.82) is 0 Å². The van der Waals surface area contributed by atoms with E-state index >= 15 is 0 Å². The van der Waals surface area contributed by atoms with E-state index in [1.807, 2.05) is 25.1 Å². The van der Waals surface area contributed by atoms with Crippen molar-refractivity contribution >= 4 is 34.2 Å². The summed E-state index contributed by atoms with van der Waals surface area (Å²) in [6, 6.07) is 5.92. The lowest BCUT2D eigenvalue weighted by Crippen LogP contribution is -2.16. The summed E-state index contributed by atoms with van der Waals surface area (Å²) in [5, 5.41) is 0.694. The zero-order valence-electron chi connectivity index (χ0n) is 11.6. The van der Waals surface area contributed by atoms with Crippen molar-refractivity contribution < 1.29 is 0 Å². The maximum absolute atomic E-state index is 6.35. The summed E-state index contributed by atoms with van der Waals surface area (Å²) in [5.74, 6) is 1.91. The topological polar surface area (TPSA) is 17.8 Å². The lowest BCUT2D eigenvalue weighted by molar-refractivity contribution is 0.369. The van der Waals surface area contributed by atoms with E-state index in [0.717, 1.165) is 34.3 Å². The van der Waals surface area contributed by atoms with Gasteiger partial charge in [0.1, 0.15) is 5.82 Å². The van der Waals surface area contributed by atoms with E-state index in [9.17, 15) is 0 Å². The average molecular weight is 309 g/mol. The molecule has 0 amide bonds. The third-order valence-corrected chi connectivity index (χ3v) is 5.33. The Morgan fingerprint density at radius 1 is 1.40 bits per heavy atom. The highest BCUT2D eigenvalue weighted by atomic mass is 35.5. The van der Waals surface area contributed by atoms with Crippen LogP contribution in [0.1, 0.15) is 43.8 Å². The summed E-state index contributed by atoms with van der Waals surface area (Å²) in [7, 11) is 0. The van der Waals surface area contributed by atoms with Crippen molar-refractivity contribution in [1.82, 2.24) is 9.55 Å². The van der Waals surface area contributed by atoms with Crippen LogP contribution in [0.4, 0.5) is 0 Å². The van der Waals surface area contributed by atoms with Crippen LogP contribution in [-0.4, -0.2) is 9.55 Å². The van der Waals surface area contributed by atoms with E-state index in [1.54, 1.807) is 0 Å². The Bertz CT molecular complexity index is 666. The van der Waals surface area contributed by atoms with Gasteiger partial charge in [0.15, 0.2) is 0 Å². The molecule has 0 spiro atoms. The van der Waals surface area contributed by atoms with Crippen molar-refractivity contribution in [2.45, 2.75) is 44.5 Å². The number of imidazole rings is 1. The van der Waals surface area contributed by atoms with Gasteiger partial charge in [-0.25, -0.2) is 4.98 Å². The van der Waals surface area contributed by atoms with E-state index in [-0.39, 0.29) is 5.38 Å². The molecule has 0 bridgehead atoms. The molecule has 2 fully saturated rings. The van der Waals surface area contributed by atoms with Crippen molar-refractivity contribution in [3.05, 3.63) is 29.0 Å². The van der Waals surface area contributed by atoms with Gasteiger partial charge in [-0.3, -0.25) is 0 Å². The van der Waals surface area contributed by atoms with Gasteiger partial charge in [-0.15, -0.1) is 11.6 Å². The highest BCUT2D eigenvalue weighted by Crippen LogP contribution is 2.62. The Labute approximate surface area is 129 Å². The lowest BCUT2D eigenvalue weighted by atomic mass is 10.0. The minimum absolute atomic E-state index is 0.0730. The molecule has 1 aromatic carbocycles. The van der Waals surface area contributed by atoms with E-state index in [4.69, 9.17) is 28.2 Å². The maximum Gasteiger partial charge on any atom is 0.127 e. The number of alkyl halides is 1. The van der Waals surface area contributed by atoms with Gasteiger partial charge in [-0.05, 0) is 62.1 Å². The van der Waals surface area contributed by atoms with Gasteiger partial charge in [0.05, 0.1) is 16.4 Å². The summed E-state index contributed by atoms with van der Waals surface area (Å²) >= 11 is 12.5. The maximum atomic E-state index is 6.35. The van der Waals surface area contributed by atoms with Crippen LogP contribution in [0.25, 0.3) is 11.0 Å². The molecular weight excluding hydrogens is 291 g/mol. The molecule has 0 saturated heterocycles. The van der Waals surface area contributed by atoms with E-state index in [0.29, 0.717) is 5.41 Å². The zero-order valence-corrected chi connectivity index (χ0v) is 13.1. The molecule has 2 saturated carbocycles. The first kappa shape index (κ1) is 13.0. The molecule has 2 aromatic rings. The monoisotopic (exact) mass is 308 g/mol. The molecule has 4 rings (SSSR count). The van der Waals surface area contributed by atoms with Crippen LogP contribution in [-0.2, 0) is 6.54 Å². The largest absolute Gasteiger partial charge is 0.326 e. The number of benzene rings is 1. The highest BCUT2D eigenvalue weighted by molar-refractivity contribution is 6.31. The van der Waals surface area contributed by atoms with E-state index in [1.165, 1.54) is 25.7 Å². The normalized spacial score (nSPS) is 22.1. The third-order valence-electron chi connectivity index (χ3n) is 4.90. The van der Waals surface area contributed by atoms with E-state index in [2.05, 4.69) is 4.57 Å². The van der Waals surface area contributed by atoms with Crippen LogP contribution in [0, 0.1) is 11.3 Å². The number of aromatic nitrogens is 2. The zero-order chi connectivity index (χ0) is 13.9. The second kappa shape index (κ2) is 4.38. The molecule has 0 radical (unpaired) electrons. The van der Waals surface area contributed by atoms with Crippen molar-refractivity contribution in [3.63, 3.8) is 0 Å². The molecule has 2 nitrogen and oxygen atoms in total. The predicted octanol–water partition coefficient (Wildman–Crippen LogP) is 5.18. The number of rotatable bonds is 4. The van der Waals surface area contributed by atoms with Crippen LogP contribution >= 0.6 is 23.2 Å². The van der Waals surface area contributed by atoms with Crippen molar-refractivity contribution in [2.24, 2.45) is 11.3 Å². The fraction of sp³-hybridized carbons (Fsp3) is 0.562. The Hall–Kier alpha value is -0.730. The molecule has 0 N–H and O–H groups in total. The Morgan fingerprint density at radius 3 is 2.75 bits per heavy atom. The summed E-state index contributed by atoms with van der Waals surface area (Å²) in [6.07, 6.45) is 5.51. The molecule has 2 aliphatic rings. The van der Waals surface area contributed by atoms with Crippen LogP contribution in [0.5, 0.6) is 0 Å². The number of fused-ring (bicyclic) bond motifs is 1. The van der Waals surface area contributed by atoms with Crippen molar-refractivity contribution in [3.8, 4) is 0 Å². The molecule has 2 aliphatic carbocycles. The first-order valence-electron chi connectivity index (χ1n) is 7.39. The van der Waals surface area contributed by atoms with Gasteiger partial charge in [0.25, 0.3) is 0 Å². The first-order chi connectivity index (χ1) is 9.59. The standard InChI is InChI=1S/C16H18Cl2N2/c1-10(17)15-19-13-5-4-12(18)8-14(13)20(15)9-16(6-7-16)11-2-3-11/h4-5,8,10-11H,2-3,6-7,9H2,1H3. The highest BCUT2D eigenvalue weighted by Gasteiger charge is 2.54. The Kier molecular flexibility index (Phi) is 2.84. The van der Waals surface area contributed by atoms with Gasteiger partial charge in [0.2, 0.25) is 0 Å². The van der Waals surface area contributed by atoms with Gasteiger partial charge in [-0.2, -0.15) is 0 Å². The number of halogens is 2. The predicted molar refractivity (Wildman–Crippen MR) is 83.4 cm³/mol. The molecule has 20 heavy (non-hydrogen) atoms. The number of nitrogens with zero attached hydrogens (tertiary/aromatic N) is 2. The Morgan fingerprint density at radius 2 is 2.15 bits per heavy atom. The molecule has 1 unspecified atom stereocenters. The molecule has 0 aliphatic heterocycles. The second-order valence-corrected chi connectivity index (χ2v) is 7.53. The summed E-state index contributed by atoms with van der Waals surface area (Å²) < 4.78 is 2.32. The van der Waals surface area contributed by atoms with Crippen molar-refractivity contribution in [2.75, 3.05) is 0 Å². The van der Waals surface area contributed by atoms with Gasteiger partial charge in [-0.1, -0.05) is 11.6 Å². The van der Waals surface area contributed by atoms with Crippen LogP contribution in [0.3, 0.4) is 0 Å². The summed E-state index contributed by atoms with van der Waals surface area (Å²) in [6.45, 7) is 3.05. The smallest absolute Gasteiger partial charge is 0.127 e. The van der Waals surface area contributed by atoms with E-state index < -0.39 is 0 Å². The fourth-order valence-electron chi connectivity index (χ4n) is 3.45. The van der Waals surface area contributed by atoms with Crippen LogP contribution < -0.4 is 0 Å². The molecule has 1 aromatic heterocycles. The van der Waals surface area contributed by atoms with Crippen LogP contribution in [0.2, 0.25) is 5.02 Å². The molecule has 1 heterocycles. The third kappa shape index (κ3) is 2.05. The molecule has 106 valence electrons. The first-order valence-corrected chi connectivity index (χ1v) is 8.20. The van der Waals surface area contributed by atoms with Gasteiger partial charge in [0, 0.05) is 11.6 Å². The molecule has 1 atom stereocenters. The quantitative estimate of drug-likeness (QED) is 0.712. The summed E-state index contributed by atoms with van der Waals surface area (Å²) in [5.41, 5.74) is 2.66. The molecular formula is C16H18Cl2N2. The average Bonchev–Trinajstić information content (AvgIpc) is 3.28. The number of hydrogen-bond acceptors (Lipinski definition) is 1. The van der Waals surface area contributed by atoms with Gasteiger partial charge < -0.3 is 4.57 Å².